The number of alkyl halides is 3. The molecule has 1 rings (SSSR count). The molecule has 0 radical (unpaired) electrons. The molecule has 1 atom stereocenters. The zero-order valence-corrected chi connectivity index (χ0v) is 10.1. The lowest BCUT2D eigenvalue weighted by molar-refractivity contribution is -0.119. The normalized spacial score (nSPS) is 13.5. The SMILES string of the molecule is CCN(CC(F)(F)F)c1c(F)cccc1[C@@H](C)O. The highest BCUT2D eigenvalue weighted by atomic mass is 19.4. The summed E-state index contributed by atoms with van der Waals surface area (Å²) < 4.78 is 51.0. The van der Waals surface area contributed by atoms with E-state index in [0.717, 1.165) is 11.0 Å². The standard InChI is InChI=1S/C12H15F4NO/c1-3-17(7-12(14,15)16)11-9(8(2)18)5-4-6-10(11)13/h4-6,8,18H,3,7H2,1-2H3/t8-/m1/s1. The van der Waals surface area contributed by atoms with Crippen LogP contribution in [0, 0.1) is 5.82 Å². The van der Waals surface area contributed by atoms with Crippen LogP contribution in [-0.2, 0) is 0 Å². The van der Waals surface area contributed by atoms with Crippen molar-refractivity contribution in [2.24, 2.45) is 0 Å². The average Bonchev–Trinajstić information content (AvgIpc) is 2.24. The molecule has 6 heteroatoms. The zero-order chi connectivity index (χ0) is 13.9. The van der Waals surface area contributed by atoms with Crippen molar-refractivity contribution in [2.45, 2.75) is 26.1 Å². The molecule has 1 aromatic rings. The highest BCUT2D eigenvalue weighted by Crippen LogP contribution is 2.31. The molecule has 0 aromatic heterocycles. The maximum atomic E-state index is 13.7. The van der Waals surface area contributed by atoms with E-state index >= 15 is 0 Å². The van der Waals surface area contributed by atoms with Gasteiger partial charge in [0.1, 0.15) is 12.4 Å². The topological polar surface area (TPSA) is 23.5 Å². The van der Waals surface area contributed by atoms with Gasteiger partial charge in [0.25, 0.3) is 0 Å². The second kappa shape index (κ2) is 5.56. The molecule has 102 valence electrons. The van der Waals surface area contributed by atoms with Gasteiger partial charge in [-0.2, -0.15) is 13.2 Å². The van der Waals surface area contributed by atoms with Gasteiger partial charge in [0, 0.05) is 12.1 Å². The number of para-hydroxylation sites is 1. The third kappa shape index (κ3) is 3.60. The van der Waals surface area contributed by atoms with Gasteiger partial charge >= 0.3 is 6.18 Å². The van der Waals surface area contributed by atoms with Gasteiger partial charge < -0.3 is 10.0 Å². The molecule has 18 heavy (non-hydrogen) atoms. The Balaban J connectivity index is 3.19. The van der Waals surface area contributed by atoms with Crippen molar-refractivity contribution >= 4 is 5.69 Å². The van der Waals surface area contributed by atoms with Crippen molar-refractivity contribution in [2.75, 3.05) is 18.0 Å². The van der Waals surface area contributed by atoms with Crippen molar-refractivity contribution in [1.29, 1.82) is 0 Å². The largest absolute Gasteiger partial charge is 0.405 e. The first-order valence-electron chi connectivity index (χ1n) is 5.54. The highest BCUT2D eigenvalue weighted by molar-refractivity contribution is 5.55. The van der Waals surface area contributed by atoms with Crippen LogP contribution in [0.3, 0.4) is 0 Å². The molecule has 0 aliphatic heterocycles. The van der Waals surface area contributed by atoms with Gasteiger partial charge in [0.05, 0.1) is 11.8 Å². The van der Waals surface area contributed by atoms with Crippen molar-refractivity contribution in [3.8, 4) is 0 Å². The van der Waals surface area contributed by atoms with E-state index in [0.29, 0.717) is 0 Å². The number of rotatable bonds is 4. The summed E-state index contributed by atoms with van der Waals surface area (Å²) in [7, 11) is 0. The number of aliphatic hydroxyl groups excluding tert-OH is 1. The van der Waals surface area contributed by atoms with Crippen LogP contribution in [0.2, 0.25) is 0 Å². The molecule has 1 N–H and O–H groups in total. The molecule has 0 spiro atoms. The second-order valence-corrected chi connectivity index (χ2v) is 3.98. The van der Waals surface area contributed by atoms with E-state index in [1.807, 2.05) is 0 Å². The molecule has 0 saturated carbocycles. The molecular weight excluding hydrogens is 250 g/mol. The van der Waals surface area contributed by atoms with Gasteiger partial charge in [-0.05, 0) is 19.9 Å². The van der Waals surface area contributed by atoms with Gasteiger partial charge in [-0.3, -0.25) is 0 Å². The minimum absolute atomic E-state index is 0.000162. The first-order chi connectivity index (χ1) is 8.26. The second-order valence-electron chi connectivity index (χ2n) is 3.98. The number of nitrogens with zero attached hydrogens (tertiary/aromatic N) is 1. The summed E-state index contributed by atoms with van der Waals surface area (Å²) in [5.74, 6) is -0.764. The van der Waals surface area contributed by atoms with E-state index in [1.165, 1.54) is 26.0 Å². The van der Waals surface area contributed by atoms with Crippen LogP contribution in [0.25, 0.3) is 0 Å². The van der Waals surface area contributed by atoms with Crippen LogP contribution >= 0.6 is 0 Å². The number of aliphatic hydroxyl groups is 1. The van der Waals surface area contributed by atoms with Crippen molar-refractivity contribution in [1.82, 2.24) is 0 Å². The minimum atomic E-state index is -4.42. The lowest BCUT2D eigenvalue weighted by Gasteiger charge is -2.27. The quantitative estimate of drug-likeness (QED) is 0.845. The maximum absolute atomic E-state index is 13.7. The highest BCUT2D eigenvalue weighted by Gasteiger charge is 2.32. The molecule has 0 unspecified atom stereocenters. The number of benzene rings is 1. The number of hydrogen-bond donors (Lipinski definition) is 1. The zero-order valence-electron chi connectivity index (χ0n) is 10.1. The van der Waals surface area contributed by atoms with Crippen molar-refractivity contribution in [3.05, 3.63) is 29.6 Å². The smallest absolute Gasteiger partial charge is 0.389 e. The van der Waals surface area contributed by atoms with Gasteiger partial charge in [0.2, 0.25) is 0 Å². The summed E-state index contributed by atoms with van der Waals surface area (Å²) in [6.45, 7) is 1.65. The summed E-state index contributed by atoms with van der Waals surface area (Å²) in [4.78, 5) is 0.872. The Labute approximate surface area is 103 Å². The lowest BCUT2D eigenvalue weighted by atomic mass is 10.1. The summed E-state index contributed by atoms with van der Waals surface area (Å²) in [5, 5.41) is 9.50. The Morgan fingerprint density at radius 3 is 2.39 bits per heavy atom. The molecule has 0 amide bonds. The summed E-state index contributed by atoms with van der Waals surface area (Å²) >= 11 is 0. The summed E-state index contributed by atoms with van der Waals surface area (Å²) in [6.07, 6.45) is -5.45. The van der Waals surface area contributed by atoms with Gasteiger partial charge in [-0.25, -0.2) is 4.39 Å². The van der Waals surface area contributed by atoms with Crippen LogP contribution in [0.1, 0.15) is 25.5 Å². The lowest BCUT2D eigenvalue weighted by Crippen LogP contribution is -2.35. The third-order valence-electron chi connectivity index (χ3n) is 2.54. The van der Waals surface area contributed by atoms with E-state index in [-0.39, 0.29) is 17.8 Å². The molecule has 2 nitrogen and oxygen atoms in total. The fourth-order valence-electron chi connectivity index (χ4n) is 1.77. The molecule has 0 aliphatic carbocycles. The van der Waals surface area contributed by atoms with Crippen LogP contribution in [-0.4, -0.2) is 24.4 Å². The minimum Gasteiger partial charge on any atom is -0.389 e. The van der Waals surface area contributed by atoms with Crippen LogP contribution in [0.5, 0.6) is 0 Å². The summed E-state index contributed by atoms with van der Waals surface area (Å²) in [6, 6.07) is 3.87. The van der Waals surface area contributed by atoms with E-state index in [4.69, 9.17) is 0 Å². The number of halogens is 4. The van der Waals surface area contributed by atoms with E-state index in [1.54, 1.807) is 0 Å². The van der Waals surface area contributed by atoms with Crippen LogP contribution < -0.4 is 4.90 Å². The Morgan fingerprint density at radius 2 is 1.94 bits per heavy atom. The predicted molar refractivity (Wildman–Crippen MR) is 61.0 cm³/mol. The number of hydrogen-bond acceptors (Lipinski definition) is 2. The predicted octanol–water partition coefficient (Wildman–Crippen LogP) is 3.27. The van der Waals surface area contributed by atoms with Gasteiger partial charge in [-0.15, -0.1) is 0 Å². The molecule has 0 fully saturated rings. The maximum Gasteiger partial charge on any atom is 0.405 e. The van der Waals surface area contributed by atoms with Crippen LogP contribution in [0.4, 0.5) is 23.2 Å². The molecule has 0 saturated heterocycles. The Kier molecular flexibility index (Phi) is 4.56. The van der Waals surface area contributed by atoms with Crippen molar-refractivity contribution < 1.29 is 22.7 Å². The van der Waals surface area contributed by atoms with E-state index < -0.39 is 24.6 Å². The fourth-order valence-corrected chi connectivity index (χ4v) is 1.77. The third-order valence-corrected chi connectivity index (χ3v) is 2.54. The first-order valence-corrected chi connectivity index (χ1v) is 5.54. The monoisotopic (exact) mass is 265 g/mol. The van der Waals surface area contributed by atoms with Gasteiger partial charge in [-0.1, -0.05) is 12.1 Å². The molecule has 0 bridgehead atoms. The number of anilines is 1. The summed E-state index contributed by atoms with van der Waals surface area (Å²) in [5.41, 5.74) is -0.0339. The fraction of sp³-hybridized carbons (Fsp3) is 0.500. The Morgan fingerprint density at radius 1 is 1.33 bits per heavy atom. The first kappa shape index (κ1) is 14.8. The van der Waals surface area contributed by atoms with E-state index in [2.05, 4.69) is 0 Å². The molecule has 0 aliphatic rings. The molecular formula is C12H15F4NO. The molecule has 0 heterocycles. The molecule has 1 aromatic carbocycles. The Bertz CT molecular complexity index is 404. The van der Waals surface area contributed by atoms with Gasteiger partial charge in [0.15, 0.2) is 0 Å². The Hall–Kier alpha value is -1.30. The van der Waals surface area contributed by atoms with Crippen LogP contribution in [0.15, 0.2) is 18.2 Å². The van der Waals surface area contributed by atoms with E-state index in [9.17, 15) is 22.7 Å². The average molecular weight is 265 g/mol. The van der Waals surface area contributed by atoms with Crippen molar-refractivity contribution in [3.63, 3.8) is 0 Å².